The first kappa shape index (κ1) is 12.2. The van der Waals surface area contributed by atoms with Crippen LogP contribution in [0, 0.1) is 0 Å². The average Bonchev–Trinajstić information content (AvgIpc) is 2.37. The minimum absolute atomic E-state index is 0.112. The lowest BCUT2D eigenvalue weighted by atomic mass is 10.1. The Bertz CT molecular complexity index is 781. The van der Waals surface area contributed by atoms with Gasteiger partial charge in [0.2, 0.25) is 0 Å². The van der Waals surface area contributed by atoms with Gasteiger partial charge in [-0.25, -0.2) is 4.98 Å². The lowest BCUT2D eigenvalue weighted by Crippen LogP contribution is -2.06. The number of benzene rings is 2. The molecule has 2 aromatic carbocycles. The van der Waals surface area contributed by atoms with E-state index in [1.165, 1.54) is 6.07 Å². The second-order valence-corrected chi connectivity index (χ2v) is 4.52. The normalized spacial score (nSPS) is 12.2. The molecule has 1 aromatic heterocycles. The Balaban J connectivity index is 2.51. The molecule has 0 saturated heterocycles. The van der Waals surface area contributed by atoms with E-state index in [-0.39, 0.29) is 5.52 Å². The summed E-state index contributed by atoms with van der Waals surface area (Å²) >= 11 is 6.19. The van der Waals surface area contributed by atoms with Crippen molar-refractivity contribution in [3.8, 4) is 0 Å². The third-order valence-corrected chi connectivity index (χ3v) is 3.36. The van der Waals surface area contributed by atoms with Crippen molar-refractivity contribution < 1.29 is 13.2 Å². The number of fused-ring (bicyclic) bond motifs is 2. The Labute approximate surface area is 111 Å². The van der Waals surface area contributed by atoms with Gasteiger partial charge in [0, 0.05) is 10.8 Å². The zero-order chi connectivity index (χ0) is 13.6. The highest BCUT2D eigenvalue weighted by molar-refractivity contribution is 6.40. The molecule has 1 nitrogen and oxygen atoms in total. The zero-order valence-corrected chi connectivity index (χ0v) is 10.3. The fraction of sp³-hybridized carbons (Fsp3) is 0.0714. The summed E-state index contributed by atoms with van der Waals surface area (Å²) in [4.78, 5) is 4.10. The first-order valence-electron chi connectivity index (χ1n) is 5.52. The van der Waals surface area contributed by atoms with Gasteiger partial charge in [-0.05, 0) is 12.1 Å². The molecule has 0 amide bonds. The molecule has 1 heterocycles. The van der Waals surface area contributed by atoms with Crippen molar-refractivity contribution in [2.24, 2.45) is 0 Å². The molecule has 3 aromatic rings. The maximum Gasteiger partial charge on any atom is 0.418 e. The summed E-state index contributed by atoms with van der Waals surface area (Å²) in [6, 6.07) is 10.8. The number of aromatic nitrogens is 1. The maximum absolute atomic E-state index is 13.0. The minimum atomic E-state index is -4.45. The Kier molecular flexibility index (Phi) is 2.64. The fourth-order valence-electron chi connectivity index (χ4n) is 2.09. The summed E-state index contributed by atoms with van der Waals surface area (Å²) < 4.78 is 38.9. The third-order valence-electron chi connectivity index (χ3n) is 2.95. The molecule has 96 valence electrons. The predicted molar refractivity (Wildman–Crippen MR) is 69.3 cm³/mol. The van der Waals surface area contributed by atoms with E-state index in [2.05, 4.69) is 4.98 Å². The molecule has 3 rings (SSSR count). The van der Waals surface area contributed by atoms with Crippen molar-refractivity contribution in [2.45, 2.75) is 6.18 Å². The number of hydrogen-bond donors (Lipinski definition) is 0. The van der Waals surface area contributed by atoms with E-state index in [9.17, 15) is 13.2 Å². The highest BCUT2D eigenvalue weighted by Gasteiger charge is 2.33. The van der Waals surface area contributed by atoms with Gasteiger partial charge in [-0.2, -0.15) is 13.2 Å². The van der Waals surface area contributed by atoms with Crippen LogP contribution < -0.4 is 0 Å². The van der Waals surface area contributed by atoms with Crippen molar-refractivity contribution in [2.75, 3.05) is 0 Å². The summed E-state index contributed by atoms with van der Waals surface area (Å²) in [7, 11) is 0. The van der Waals surface area contributed by atoms with Crippen LogP contribution in [-0.4, -0.2) is 4.98 Å². The van der Waals surface area contributed by atoms with Crippen LogP contribution in [0.2, 0.25) is 5.02 Å². The highest BCUT2D eigenvalue weighted by Crippen LogP contribution is 2.38. The van der Waals surface area contributed by atoms with E-state index < -0.39 is 11.7 Å². The number of para-hydroxylation sites is 2. The summed E-state index contributed by atoms with van der Waals surface area (Å²) in [6.07, 6.45) is -4.45. The van der Waals surface area contributed by atoms with Crippen LogP contribution in [0.25, 0.3) is 21.8 Å². The van der Waals surface area contributed by atoms with Crippen LogP contribution in [-0.2, 0) is 6.18 Å². The number of hydrogen-bond acceptors (Lipinski definition) is 1. The van der Waals surface area contributed by atoms with Crippen molar-refractivity contribution in [1.29, 1.82) is 0 Å². The van der Waals surface area contributed by atoms with Gasteiger partial charge >= 0.3 is 6.18 Å². The van der Waals surface area contributed by atoms with Gasteiger partial charge in [0.15, 0.2) is 0 Å². The summed E-state index contributed by atoms with van der Waals surface area (Å²) in [5.74, 6) is 0. The van der Waals surface area contributed by atoms with Crippen LogP contribution in [0.5, 0.6) is 0 Å². The number of nitrogens with zero attached hydrogens (tertiary/aromatic N) is 1. The number of rotatable bonds is 0. The molecule has 0 bridgehead atoms. The summed E-state index contributed by atoms with van der Waals surface area (Å²) in [6.45, 7) is 0. The molecule has 0 fully saturated rings. The Morgan fingerprint density at radius 2 is 1.58 bits per heavy atom. The molecule has 19 heavy (non-hydrogen) atoms. The second-order valence-electron chi connectivity index (χ2n) is 4.14. The molecule has 0 radical (unpaired) electrons. The molecular weight excluding hydrogens is 275 g/mol. The second kappa shape index (κ2) is 4.10. The standard InChI is InChI=1S/C14H7ClF3N/c15-12-8-4-1-2-7-11(8)19-13-9(12)5-3-6-10(13)14(16,17)18/h1-7H. The van der Waals surface area contributed by atoms with Crippen LogP contribution in [0.3, 0.4) is 0 Å². The lowest BCUT2D eigenvalue weighted by molar-refractivity contribution is -0.136. The van der Waals surface area contributed by atoms with Gasteiger partial charge < -0.3 is 0 Å². The van der Waals surface area contributed by atoms with E-state index in [0.29, 0.717) is 21.3 Å². The van der Waals surface area contributed by atoms with Gasteiger partial charge in [0.05, 0.1) is 21.6 Å². The van der Waals surface area contributed by atoms with Crippen LogP contribution >= 0.6 is 11.6 Å². The molecule has 0 aliphatic rings. The lowest BCUT2D eigenvalue weighted by Gasteiger charge is -2.11. The van der Waals surface area contributed by atoms with Crippen LogP contribution in [0.1, 0.15) is 5.56 Å². The van der Waals surface area contributed by atoms with Gasteiger partial charge in [0.25, 0.3) is 0 Å². The Hall–Kier alpha value is -1.81. The van der Waals surface area contributed by atoms with E-state index in [1.807, 2.05) is 0 Å². The SMILES string of the molecule is FC(F)(F)c1cccc2c(Cl)c3ccccc3nc12. The first-order valence-corrected chi connectivity index (χ1v) is 5.90. The topological polar surface area (TPSA) is 12.9 Å². The third kappa shape index (κ3) is 1.92. The van der Waals surface area contributed by atoms with E-state index in [4.69, 9.17) is 11.6 Å². The largest absolute Gasteiger partial charge is 0.418 e. The average molecular weight is 282 g/mol. The maximum atomic E-state index is 13.0. The monoisotopic (exact) mass is 281 g/mol. The summed E-state index contributed by atoms with van der Waals surface area (Å²) in [5, 5.41) is 1.26. The van der Waals surface area contributed by atoms with Crippen molar-refractivity contribution in [3.63, 3.8) is 0 Å². The highest BCUT2D eigenvalue weighted by atomic mass is 35.5. The smallest absolute Gasteiger partial charge is 0.247 e. The molecule has 0 unspecified atom stereocenters. The van der Waals surface area contributed by atoms with Crippen molar-refractivity contribution >= 4 is 33.4 Å². The summed E-state index contributed by atoms with van der Waals surface area (Å²) in [5.41, 5.74) is -0.423. The molecule has 0 atom stereocenters. The molecular formula is C14H7ClF3N. The van der Waals surface area contributed by atoms with Gasteiger partial charge in [0.1, 0.15) is 0 Å². The molecule has 0 N–H and O–H groups in total. The number of pyridine rings is 1. The molecule has 0 saturated carbocycles. The molecule has 0 aliphatic heterocycles. The van der Waals surface area contributed by atoms with Gasteiger partial charge in [-0.3, -0.25) is 0 Å². The Morgan fingerprint density at radius 1 is 0.895 bits per heavy atom. The first-order chi connectivity index (χ1) is 8.98. The number of alkyl halides is 3. The van der Waals surface area contributed by atoms with Gasteiger partial charge in [-0.1, -0.05) is 41.9 Å². The predicted octanol–water partition coefficient (Wildman–Crippen LogP) is 5.06. The zero-order valence-electron chi connectivity index (χ0n) is 9.50. The van der Waals surface area contributed by atoms with Gasteiger partial charge in [-0.15, -0.1) is 0 Å². The fourth-order valence-corrected chi connectivity index (χ4v) is 2.40. The van der Waals surface area contributed by atoms with Crippen LogP contribution in [0.15, 0.2) is 42.5 Å². The molecule has 5 heteroatoms. The van der Waals surface area contributed by atoms with Crippen molar-refractivity contribution in [3.05, 3.63) is 53.1 Å². The number of halogens is 4. The van der Waals surface area contributed by atoms with E-state index in [1.54, 1.807) is 30.3 Å². The Morgan fingerprint density at radius 3 is 2.32 bits per heavy atom. The van der Waals surface area contributed by atoms with Crippen LogP contribution in [0.4, 0.5) is 13.2 Å². The van der Waals surface area contributed by atoms with E-state index >= 15 is 0 Å². The molecule has 0 spiro atoms. The molecule has 0 aliphatic carbocycles. The van der Waals surface area contributed by atoms with Crippen molar-refractivity contribution in [1.82, 2.24) is 4.98 Å². The van der Waals surface area contributed by atoms with E-state index in [0.717, 1.165) is 6.07 Å². The minimum Gasteiger partial charge on any atom is -0.247 e. The quantitative estimate of drug-likeness (QED) is 0.525.